The fraction of sp³-hybridized carbons (Fsp3) is 0.462. The monoisotopic (exact) mass is 306 g/mol. The lowest BCUT2D eigenvalue weighted by atomic mass is 10.1. The number of benzene rings is 1. The number of alkyl halides is 3. The predicted octanol–water partition coefficient (Wildman–Crippen LogP) is 3.03. The summed E-state index contributed by atoms with van der Waals surface area (Å²) in [6.45, 7) is 1.37. The van der Waals surface area contributed by atoms with Gasteiger partial charge < -0.3 is 11.1 Å². The average molecular weight is 306 g/mol. The molecule has 0 fully saturated rings. The quantitative estimate of drug-likeness (QED) is 0.879. The maximum absolute atomic E-state index is 12.8. The van der Waals surface area contributed by atoms with Gasteiger partial charge in [0.05, 0.1) is 11.6 Å². The molecule has 1 atom stereocenters. The molecule has 0 radical (unpaired) electrons. The third-order valence-corrected chi connectivity index (χ3v) is 3.42. The molecule has 0 bridgehead atoms. The molecule has 0 saturated heterocycles. The lowest BCUT2D eigenvalue weighted by Gasteiger charge is -2.15. The minimum atomic E-state index is -4.44. The number of carbonyl (C=O) groups excluding carboxylic acids is 1. The number of rotatable bonds is 5. The molecule has 1 amide bonds. The Morgan fingerprint density at radius 1 is 1.45 bits per heavy atom. The maximum atomic E-state index is 12.8. The van der Waals surface area contributed by atoms with Crippen molar-refractivity contribution in [3.8, 4) is 0 Å². The second kappa shape index (κ2) is 6.99. The molecule has 0 aromatic heterocycles. The van der Waals surface area contributed by atoms with Gasteiger partial charge in [-0.15, -0.1) is 0 Å². The summed E-state index contributed by atoms with van der Waals surface area (Å²) in [5.41, 5.74) is 5.12. The van der Waals surface area contributed by atoms with E-state index in [4.69, 9.17) is 5.73 Å². The van der Waals surface area contributed by atoms with Gasteiger partial charge >= 0.3 is 6.18 Å². The molecule has 0 aliphatic heterocycles. The highest BCUT2D eigenvalue weighted by Gasteiger charge is 2.32. The molecule has 0 aliphatic carbocycles. The van der Waals surface area contributed by atoms with E-state index in [0.717, 1.165) is 11.8 Å². The zero-order chi connectivity index (χ0) is 15.3. The van der Waals surface area contributed by atoms with Crippen LogP contribution in [0.4, 0.5) is 18.9 Å². The molecular weight excluding hydrogens is 289 g/mol. The van der Waals surface area contributed by atoms with Crippen molar-refractivity contribution in [2.24, 2.45) is 5.73 Å². The Kier molecular flexibility index (Phi) is 5.88. The molecule has 112 valence electrons. The Hall–Kier alpha value is -1.21. The summed E-state index contributed by atoms with van der Waals surface area (Å²) in [4.78, 5) is 11.7. The summed E-state index contributed by atoms with van der Waals surface area (Å²) in [5, 5.41) is 2.42. The number of nitrogens with one attached hydrogen (secondary N) is 1. The van der Waals surface area contributed by atoms with Crippen LogP contribution in [0, 0.1) is 6.92 Å². The summed E-state index contributed by atoms with van der Waals surface area (Å²) in [7, 11) is 0. The van der Waals surface area contributed by atoms with Gasteiger partial charge in [0, 0.05) is 5.69 Å². The van der Waals surface area contributed by atoms with Crippen LogP contribution in [0.1, 0.15) is 17.5 Å². The molecular formula is C13H17F3N2OS. The van der Waals surface area contributed by atoms with E-state index in [9.17, 15) is 18.0 Å². The maximum Gasteiger partial charge on any atom is 0.416 e. The van der Waals surface area contributed by atoms with E-state index in [0.29, 0.717) is 6.42 Å². The van der Waals surface area contributed by atoms with Gasteiger partial charge in [0.25, 0.3) is 0 Å². The molecule has 7 heteroatoms. The molecule has 0 aliphatic rings. The van der Waals surface area contributed by atoms with Crippen LogP contribution in [0.5, 0.6) is 0 Å². The summed E-state index contributed by atoms with van der Waals surface area (Å²) in [5.74, 6) is 0.243. The SMILES string of the molecule is CSCC[C@@H](N)C(=O)Nc1ccc(C)c(C(F)(F)F)c1. The molecule has 1 aromatic rings. The van der Waals surface area contributed by atoms with Crippen LogP contribution in [0.25, 0.3) is 0 Å². The topological polar surface area (TPSA) is 55.1 Å². The van der Waals surface area contributed by atoms with Crippen molar-refractivity contribution in [3.05, 3.63) is 29.3 Å². The molecule has 1 rings (SSSR count). The fourth-order valence-electron chi connectivity index (χ4n) is 1.62. The van der Waals surface area contributed by atoms with Gasteiger partial charge in [0.15, 0.2) is 0 Å². The fourth-order valence-corrected chi connectivity index (χ4v) is 2.11. The van der Waals surface area contributed by atoms with E-state index in [1.165, 1.54) is 19.1 Å². The lowest BCUT2D eigenvalue weighted by molar-refractivity contribution is -0.138. The van der Waals surface area contributed by atoms with Crippen LogP contribution >= 0.6 is 11.8 Å². The highest BCUT2D eigenvalue weighted by atomic mass is 32.2. The first-order chi connectivity index (χ1) is 9.25. The van der Waals surface area contributed by atoms with Crippen molar-refractivity contribution in [1.29, 1.82) is 0 Å². The number of hydrogen-bond acceptors (Lipinski definition) is 3. The molecule has 0 saturated carbocycles. The largest absolute Gasteiger partial charge is 0.416 e. The second-order valence-corrected chi connectivity index (χ2v) is 5.39. The number of aryl methyl sites for hydroxylation is 1. The Bertz CT molecular complexity index is 477. The molecule has 1 aromatic carbocycles. The van der Waals surface area contributed by atoms with Gasteiger partial charge in [0.1, 0.15) is 0 Å². The first kappa shape index (κ1) is 16.8. The number of thioether (sulfide) groups is 1. The van der Waals surface area contributed by atoms with Gasteiger partial charge in [-0.05, 0) is 43.0 Å². The van der Waals surface area contributed by atoms with E-state index < -0.39 is 23.7 Å². The predicted molar refractivity (Wildman–Crippen MR) is 75.8 cm³/mol. The van der Waals surface area contributed by atoms with Crippen LogP contribution in [-0.4, -0.2) is 24.0 Å². The molecule has 0 unspecified atom stereocenters. The van der Waals surface area contributed by atoms with Crippen LogP contribution in [0.3, 0.4) is 0 Å². The van der Waals surface area contributed by atoms with Crippen molar-refractivity contribution in [3.63, 3.8) is 0 Å². The van der Waals surface area contributed by atoms with Crippen LogP contribution in [0.2, 0.25) is 0 Å². The summed E-state index contributed by atoms with van der Waals surface area (Å²) in [6.07, 6.45) is -2.07. The van der Waals surface area contributed by atoms with Gasteiger partial charge in [-0.25, -0.2) is 0 Å². The third kappa shape index (κ3) is 4.72. The minimum absolute atomic E-state index is 0.104. The Labute approximate surface area is 120 Å². The summed E-state index contributed by atoms with van der Waals surface area (Å²) >= 11 is 1.55. The third-order valence-electron chi connectivity index (χ3n) is 2.78. The number of carbonyl (C=O) groups is 1. The number of halogens is 3. The smallest absolute Gasteiger partial charge is 0.325 e. The van der Waals surface area contributed by atoms with E-state index in [2.05, 4.69) is 5.32 Å². The lowest BCUT2D eigenvalue weighted by Crippen LogP contribution is -2.36. The Morgan fingerprint density at radius 2 is 2.10 bits per heavy atom. The first-order valence-corrected chi connectivity index (χ1v) is 7.38. The highest BCUT2D eigenvalue weighted by molar-refractivity contribution is 7.98. The standard InChI is InChI=1S/C13H17F3N2OS/c1-8-3-4-9(7-10(8)13(14,15)16)18-12(19)11(17)5-6-20-2/h3-4,7,11H,5-6,17H2,1-2H3,(H,18,19)/t11-/m1/s1. The highest BCUT2D eigenvalue weighted by Crippen LogP contribution is 2.33. The van der Waals surface area contributed by atoms with Crippen LogP contribution in [-0.2, 0) is 11.0 Å². The number of amides is 1. The van der Waals surface area contributed by atoms with Crippen molar-refractivity contribution >= 4 is 23.4 Å². The van der Waals surface area contributed by atoms with E-state index in [1.54, 1.807) is 11.8 Å². The summed E-state index contributed by atoms with van der Waals surface area (Å²) < 4.78 is 38.3. The molecule has 0 spiro atoms. The van der Waals surface area contributed by atoms with Crippen LogP contribution < -0.4 is 11.1 Å². The molecule has 3 N–H and O–H groups in total. The molecule has 20 heavy (non-hydrogen) atoms. The van der Waals surface area contributed by atoms with E-state index >= 15 is 0 Å². The Morgan fingerprint density at radius 3 is 2.65 bits per heavy atom. The summed E-state index contributed by atoms with van der Waals surface area (Å²) in [6, 6.07) is 2.96. The van der Waals surface area contributed by atoms with Crippen molar-refractivity contribution < 1.29 is 18.0 Å². The minimum Gasteiger partial charge on any atom is -0.325 e. The van der Waals surface area contributed by atoms with Crippen molar-refractivity contribution in [2.75, 3.05) is 17.3 Å². The van der Waals surface area contributed by atoms with Gasteiger partial charge in [-0.1, -0.05) is 6.07 Å². The first-order valence-electron chi connectivity index (χ1n) is 5.99. The second-order valence-electron chi connectivity index (χ2n) is 4.40. The number of hydrogen-bond donors (Lipinski definition) is 2. The number of nitrogens with two attached hydrogens (primary N) is 1. The number of anilines is 1. The van der Waals surface area contributed by atoms with E-state index in [1.807, 2.05) is 6.26 Å². The average Bonchev–Trinajstić information content (AvgIpc) is 2.36. The van der Waals surface area contributed by atoms with Gasteiger partial charge in [0.2, 0.25) is 5.91 Å². The molecule has 3 nitrogen and oxygen atoms in total. The van der Waals surface area contributed by atoms with E-state index in [-0.39, 0.29) is 11.3 Å². The van der Waals surface area contributed by atoms with Gasteiger partial charge in [-0.2, -0.15) is 24.9 Å². The van der Waals surface area contributed by atoms with Gasteiger partial charge in [-0.3, -0.25) is 4.79 Å². The van der Waals surface area contributed by atoms with Crippen molar-refractivity contribution in [2.45, 2.75) is 25.6 Å². The zero-order valence-electron chi connectivity index (χ0n) is 11.3. The zero-order valence-corrected chi connectivity index (χ0v) is 12.1. The van der Waals surface area contributed by atoms with Crippen LogP contribution in [0.15, 0.2) is 18.2 Å². The normalized spacial score (nSPS) is 13.1. The Balaban J connectivity index is 2.81. The van der Waals surface area contributed by atoms with Crippen molar-refractivity contribution in [1.82, 2.24) is 0 Å². The molecule has 0 heterocycles.